The van der Waals surface area contributed by atoms with Gasteiger partial charge in [0.05, 0.1) is 19.3 Å². The third-order valence-corrected chi connectivity index (χ3v) is 2.73. The van der Waals surface area contributed by atoms with Crippen LogP contribution in [0.25, 0.3) is 0 Å². The average molecular weight is 238 g/mol. The standard InChI is InChI=1S/C14H22O3/c1-4-17-11-14(2,15)10-9-12-5-7-13(16-3)8-6-12/h5-8,15H,4,9-11H2,1-3H3. The van der Waals surface area contributed by atoms with E-state index in [0.29, 0.717) is 19.6 Å². The summed E-state index contributed by atoms with van der Waals surface area (Å²) in [6.45, 7) is 4.77. The molecule has 1 aromatic rings. The van der Waals surface area contributed by atoms with Gasteiger partial charge < -0.3 is 14.6 Å². The molecule has 0 aromatic heterocycles. The van der Waals surface area contributed by atoms with Gasteiger partial charge >= 0.3 is 0 Å². The highest BCUT2D eigenvalue weighted by molar-refractivity contribution is 5.27. The van der Waals surface area contributed by atoms with Crippen molar-refractivity contribution in [2.45, 2.75) is 32.3 Å². The molecule has 96 valence electrons. The van der Waals surface area contributed by atoms with E-state index in [4.69, 9.17) is 9.47 Å². The molecule has 0 aliphatic rings. The summed E-state index contributed by atoms with van der Waals surface area (Å²) in [6, 6.07) is 7.92. The molecule has 0 radical (unpaired) electrons. The van der Waals surface area contributed by atoms with Gasteiger partial charge in [-0.25, -0.2) is 0 Å². The predicted molar refractivity (Wildman–Crippen MR) is 68.4 cm³/mol. The van der Waals surface area contributed by atoms with E-state index in [2.05, 4.69) is 0 Å². The zero-order valence-electron chi connectivity index (χ0n) is 10.9. The van der Waals surface area contributed by atoms with Crippen LogP contribution in [0.4, 0.5) is 0 Å². The smallest absolute Gasteiger partial charge is 0.118 e. The number of hydrogen-bond acceptors (Lipinski definition) is 3. The van der Waals surface area contributed by atoms with Gasteiger partial charge in [0.25, 0.3) is 0 Å². The maximum Gasteiger partial charge on any atom is 0.118 e. The molecule has 3 nitrogen and oxygen atoms in total. The molecule has 1 rings (SSSR count). The Labute approximate surface area is 103 Å². The molecule has 0 saturated heterocycles. The molecule has 0 spiro atoms. The minimum atomic E-state index is -0.754. The van der Waals surface area contributed by atoms with Gasteiger partial charge in [-0.3, -0.25) is 0 Å². The maximum absolute atomic E-state index is 10.1. The number of methoxy groups -OCH3 is 1. The van der Waals surface area contributed by atoms with Gasteiger partial charge in [0, 0.05) is 6.61 Å². The Hall–Kier alpha value is -1.06. The molecule has 0 saturated carbocycles. The summed E-state index contributed by atoms with van der Waals surface area (Å²) in [5, 5.41) is 10.1. The van der Waals surface area contributed by atoms with Crippen LogP contribution < -0.4 is 4.74 Å². The van der Waals surface area contributed by atoms with Crippen molar-refractivity contribution in [3.8, 4) is 5.75 Å². The zero-order chi connectivity index (χ0) is 12.7. The van der Waals surface area contributed by atoms with Crippen molar-refractivity contribution in [1.29, 1.82) is 0 Å². The van der Waals surface area contributed by atoms with Crippen molar-refractivity contribution in [1.82, 2.24) is 0 Å². The monoisotopic (exact) mass is 238 g/mol. The second kappa shape index (κ2) is 6.62. The summed E-state index contributed by atoms with van der Waals surface area (Å²) in [6.07, 6.45) is 1.53. The number of benzene rings is 1. The highest BCUT2D eigenvalue weighted by Crippen LogP contribution is 2.17. The molecular formula is C14H22O3. The first kappa shape index (κ1) is 14.0. The van der Waals surface area contributed by atoms with E-state index in [1.54, 1.807) is 7.11 Å². The minimum absolute atomic E-state index is 0.389. The Kier molecular flexibility index (Phi) is 5.45. The molecule has 0 amide bonds. The molecule has 1 aromatic carbocycles. The van der Waals surface area contributed by atoms with Crippen molar-refractivity contribution in [2.75, 3.05) is 20.3 Å². The molecule has 0 aliphatic carbocycles. The van der Waals surface area contributed by atoms with Gasteiger partial charge in [0.15, 0.2) is 0 Å². The van der Waals surface area contributed by atoms with Gasteiger partial charge in [-0.1, -0.05) is 12.1 Å². The third kappa shape index (κ3) is 5.20. The van der Waals surface area contributed by atoms with Gasteiger partial charge in [-0.2, -0.15) is 0 Å². The molecule has 1 unspecified atom stereocenters. The van der Waals surface area contributed by atoms with Crippen molar-refractivity contribution in [3.05, 3.63) is 29.8 Å². The van der Waals surface area contributed by atoms with Gasteiger partial charge in [-0.15, -0.1) is 0 Å². The molecule has 1 atom stereocenters. The van der Waals surface area contributed by atoms with Crippen molar-refractivity contribution in [2.24, 2.45) is 0 Å². The van der Waals surface area contributed by atoms with Crippen LogP contribution in [0.1, 0.15) is 25.8 Å². The van der Waals surface area contributed by atoms with Gasteiger partial charge in [0.2, 0.25) is 0 Å². The van der Waals surface area contributed by atoms with Crippen LogP contribution in [-0.2, 0) is 11.2 Å². The first-order valence-corrected chi connectivity index (χ1v) is 6.00. The summed E-state index contributed by atoms with van der Waals surface area (Å²) >= 11 is 0. The second-order valence-corrected chi connectivity index (χ2v) is 4.48. The maximum atomic E-state index is 10.1. The van der Waals surface area contributed by atoms with E-state index in [-0.39, 0.29) is 0 Å². The molecule has 17 heavy (non-hydrogen) atoms. The quantitative estimate of drug-likeness (QED) is 0.793. The Morgan fingerprint density at radius 1 is 1.24 bits per heavy atom. The predicted octanol–water partition coefficient (Wildman–Crippen LogP) is 2.42. The van der Waals surface area contributed by atoms with E-state index in [1.807, 2.05) is 38.1 Å². The van der Waals surface area contributed by atoms with E-state index in [9.17, 15) is 5.11 Å². The summed E-state index contributed by atoms with van der Waals surface area (Å²) in [5.41, 5.74) is 0.443. The fraction of sp³-hybridized carbons (Fsp3) is 0.571. The summed E-state index contributed by atoms with van der Waals surface area (Å²) in [5.74, 6) is 0.856. The topological polar surface area (TPSA) is 38.7 Å². The Balaban J connectivity index is 2.43. The third-order valence-electron chi connectivity index (χ3n) is 2.73. The molecule has 3 heteroatoms. The Bertz CT molecular complexity index is 317. The fourth-order valence-corrected chi connectivity index (χ4v) is 1.60. The first-order valence-electron chi connectivity index (χ1n) is 6.00. The lowest BCUT2D eigenvalue weighted by atomic mass is 9.97. The van der Waals surface area contributed by atoms with Crippen molar-refractivity contribution >= 4 is 0 Å². The second-order valence-electron chi connectivity index (χ2n) is 4.48. The van der Waals surface area contributed by atoms with Crippen LogP contribution in [0.5, 0.6) is 5.75 Å². The van der Waals surface area contributed by atoms with Crippen LogP contribution in [0, 0.1) is 0 Å². The zero-order valence-corrected chi connectivity index (χ0v) is 10.9. The summed E-state index contributed by atoms with van der Waals surface area (Å²) in [7, 11) is 1.65. The molecular weight excluding hydrogens is 216 g/mol. The van der Waals surface area contributed by atoms with Crippen molar-refractivity contribution in [3.63, 3.8) is 0 Å². The minimum Gasteiger partial charge on any atom is -0.497 e. The van der Waals surface area contributed by atoms with E-state index in [1.165, 1.54) is 5.56 Å². The van der Waals surface area contributed by atoms with Crippen LogP contribution in [-0.4, -0.2) is 31.0 Å². The lowest BCUT2D eigenvalue weighted by molar-refractivity contribution is -0.0352. The van der Waals surface area contributed by atoms with Crippen molar-refractivity contribution < 1.29 is 14.6 Å². The summed E-state index contributed by atoms with van der Waals surface area (Å²) in [4.78, 5) is 0. The number of aryl methyl sites for hydroxylation is 1. The number of hydrogen-bond donors (Lipinski definition) is 1. The van der Waals surface area contributed by atoms with E-state index < -0.39 is 5.60 Å². The lowest BCUT2D eigenvalue weighted by Crippen LogP contribution is -2.31. The number of aliphatic hydroxyl groups is 1. The molecule has 0 bridgehead atoms. The van der Waals surface area contributed by atoms with Crippen LogP contribution in [0.2, 0.25) is 0 Å². The van der Waals surface area contributed by atoms with E-state index >= 15 is 0 Å². The molecule has 1 N–H and O–H groups in total. The Morgan fingerprint density at radius 3 is 2.41 bits per heavy atom. The van der Waals surface area contributed by atoms with Gasteiger partial charge in [-0.05, 0) is 44.4 Å². The highest BCUT2D eigenvalue weighted by atomic mass is 16.5. The van der Waals surface area contributed by atoms with Gasteiger partial charge in [0.1, 0.15) is 5.75 Å². The lowest BCUT2D eigenvalue weighted by Gasteiger charge is -2.22. The summed E-state index contributed by atoms with van der Waals surface area (Å²) < 4.78 is 10.4. The molecule has 0 fully saturated rings. The van der Waals surface area contributed by atoms with E-state index in [0.717, 1.165) is 12.2 Å². The highest BCUT2D eigenvalue weighted by Gasteiger charge is 2.19. The first-order chi connectivity index (χ1) is 8.07. The largest absolute Gasteiger partial charge is 0.497 e. The Morgan fingerprint density at radius 2 is 1.88 bits per heavy atom. The molecule has 0 aliphatic heterocycles. The van der Waals surface area contributed by atoms with Crippen LogP contribution in [0.15, 0.2) is 24.3 Å². The number of rotatable bonds is 7. The average Bonchev–Trinajstić information content (AvgIpc) is 2.35. The van der Waals surface area contributed by atoms with Crippen LogP contribution in [0.3, 0.4) is 0 Å². The molecule has 0 heterocycles. The SMILES string of the molecule is CCOCC(C)(O)CCc1ccc(OC)cc1. The number of ether oxygens (including phenoxy) is 2. The van der Waals surface area contributed by atoms with Crippen LogP contribution >= 0.6 is 0 Å². The normalized spacial score (nSPS) is 14.4. The fourth-order valence-electron chi connectivity index (χ4n) is 1.60.